The first-order chi connectivity index (χ1) is 30.3. The predicted octanol–water partition coefficient (Wildman–Crippen LogP) is 5.63. The van der Waals surface area contributed by atoms with Gasteiger partial charge in [-0.25, -0.2) is 14.8 Å². The average molecular weight is 855 g/mol. The maximum absolute atomic E-state index is 13.9. The van der Waals surface area contributed by atoms with E-state index in [1.165, 1.54) is 23.2 Å². The fourth-order valence-corrected chi connectivity index (χ4v) is 8.37. The molecule has 1 fully saturated rings. The highest BCUT2D eigenvalue weighted by atomic mass is 16.6. The smallest absolute Gasteiger partial charge is 0.411 e. The van der Waals surface area contributed by atoms with Crippen LogP contribution in [0.5, 0.6) is 5.75 Å². The molecule has 3 aliphatic rings. The minimum Gasteiger partial charge on any atom is -0.511 e. The van der Waals surface area contributed by atoms with E-state index in [4.69, 9.17) is 9.47 Å². The van der Waals surface area contributed by atoms with E-state index in [9.17, 15) is 34.3 Å². The monoisotopic (exact) mass is 854 g/mol. The Morgan fingerprint density at radius 3 is 2.44 bits per heavy atom. The number of likely N-dealkylation sites (tertiary alicyclic amines) is 1. The highest BCUT2D eigenvalue weighted by Crippen LogP contribution is 2.45. The second-order valence-corrected chi connectivity index (χ2v) is 16.7. The first-order valence-corrected chi connectivity index (χ1v) is 21.0. The molecule has 2 aliphatic carbocycles. The van der Waals surface area contributed by atoms with E-state index in [1.807, 2.05) is 62.4 Å². The number of ether oxygens (including phenoxy) is 2. The maximum atomic E-state index is 13.9. The van der Waals surface area contributed by atoms with Gasteiger partial charge in [-0.15, -0.1) is 0 Å². The molecule has 0 saturated carbocycles. The second-order valence-electron chi connectivity index (χ2n) is 16.7. The molecule has 2 heterocycles. The summed E-state index contributed by atoms with van der Waals surface area (Å²) >= 11 is 0. The molecule has 1 aliphatic heterocycles. The fourth-order valence-electron chi connectivity index (χ4n) is 8.37. The number of hydrogen-bond acceptors (Lipinski definition) is 12. The highest BCUT2D eigenvalue weighted by molar-refractivity contribution is 6.22. The number of allylic oxidation sites excluding steroid dienone is 2. The van der Waals surface area contributed by atoms with E-state index in [0.29, 0.717) is 42.5 Å². The van der Waals surface area contributed by atoms with Crippen molar-refractivity contribution in [3.05, 3.63) is 101 Å². The summed E-state index contributed by atoms with van der Waals surface area (Å²) < 4.78 is 12.1. The van der Waals surface area contributed by atoms with E-state index in [2.05, 4.69) is 31.7 Å². The molecule has 0 unspecified atom stereocenters. The average Bonchev–Trinajstić information content (AvgIpc) is 3.87. The summed E-state index contributed by atoms with van der Waals surface area (Å²) in [4.78, 5) is 82.4. The van der Waals surface area contributed by atoms with Gasteiger partial charge in [0.05, 0.1) is 36.9 Å². The number of rotatable bonds is 14. The number of ketones is 1. The molecule has 0 spiro atoms. The zero-order valence-corrected chi connectivity index (χ0v) is 35.7. The largest absolute Gasteiger partial charge is 0.511 e. The SMILES string of the molecule is CC(=NC[C@H](C(=O)NCCCOc1ccc2ncnc(C(=O)NCC(=O)N3CCC[C@H]3C#N)c2c1)N(C)C(=O)OC1c2ccccc2-c2ccccc21)C1=C(O)CC(C)(C)CC1=O. The zero-order chi connectivity index (χ0) is 44.8. The molecule has 326 valence electrons. The van der Waals surface area contributed by atoms with Crippen LogP contribution in [0, 0.1) is 16.7 Å². The van der Waals surface area contributed by atoms with Gasteiger partial charge in [-0.1, -0.05) is 62.4 Å². The van der Waals surface area contributed by atoms with Gasteiger partial charge in [-0.05, 0) is 60.9 Å². The molecule has 16 nitrogen and oxygen atoms in total. The van der Waals surface area contributed by atoms with Crippen molar-refractivity contribution in [1.29, 1.82) is 5.26 Å². The summed E-state index contributed by atoms with van der Waals surface area (Å²) in [5.74, 6) is -1.31. The maximum Gasteiger partial charge on any atom is 0.411 e. The Hall–Kier alpha value is -7.15. The molecule has 4 amide bonds. The molecule has 4 aromatic rings. The standard InChI is InChI=1S/C47H50N8O8/c1-28(41-38(56)22-47(2,3)23-39(41)57)50-25-37(54(4)46(61)63-43-33-14-7-5-12-31(33)32-13-6-8-15-34(32)43)44(59)49-18-10-20-62-30-16-17-36-35(21-30)42(53-27-52-36)45(60)51-26-40(58)55-19-9-11-29(55)24-48/h5-8,12-17,21,27,29,37,43,56H,9-11,18-20,22-23,25-26H2,1-4H3,(H,49,59)(H,51,60)/t29-,37+/m0/s1. The number of Topliss-reactive ketones (excluding diaryl/α,β-unsaturated/α-hetero) is 1. The lowest BCUT2D eigenvalue weighted by Gasteiger charge is -2.30. The van der Waals surface area contributed by atoms with Gasteiger partial charge in [-0.3, -0.25) is 29.1 Å². The third-order valence-corrected chi connectivity index (χ3v) is 11.6. The van der Waals surface area contributed by atoms with E-state index < -0.39 is 41.5 Å². The lowest BCUT2D eigenvalue weighted by atomic mass is 9.76. The minimum absolute atomic E-state index is 0.0526. The van der Waals surface area contributed by atoms with Crippen molar-refractivity contribution in [2.45, 2.75) is 71.1 Å². The quantitative estimate of drug-likeness (QED) is 0.104. The van der Waals surface area contributed by atoms with Gasteiger partial charge in [-0.2, -0.15) is 5.26 Å². The normalized spacial score (nSPS) is 17.4. The van der Waals surface area contributed by atoms with Crippen LogP contribution in [0.15, 0.2) is 89.4 Å². The number of aliphatic hydroxyl groups is 1. The third kappa shape index (κ3) is 9.67. The van der Waals surface area contributed by atoms with E-state index >= 15 is 0 Å². The van der Waals surface area contributed by atoms with Crippen LogP contribution in [0.25, 0.3) is 22.0 Å². The minimum atomic E-state index is -1.15. The number of carbonyl (C=O) groups excluding carboxylic acids is 5. The van der Waals surface area contributed by atoms with Crippen LogP contribution in [0.1, 0.15) is 80.6 Å². The Bertz CT molecular complexity index is 2520. The Balaban J connectivity index is 0.999. The van der Waals surface area contributed by atoms with Crippen LogP contribution in [0.2, 0.25) is 0 Å². The second kappa shape index (κ2) is 18.9. The van der Waals surface area contributed by atoms with Crippen molar-refractivity contribution >= 4 is 46.2 Å². The number of nitrogens with zero attached hydrogens (tertiary/aromatic N) is 6. The number of aromatic nitrogens is 2. The van der Waals surface area contributed by atoms with Gasteiger partial charge in [0.15, 0.2) is 11.9 Å². The van der Waals surface area contributed by atoms with Crippen LogP contribution in [-0.2, 0) is 19.1 Å². The van der Waals surface area contributed by atoms with Crippen LogP contribution in [0.4, 0.5) is 4.79 Å². The van der Waals surface area contributed by atoms with Crippen LogP contribution < -0.4 is 15.4 Å². The first-order valence-electron chi connectivity index (χ1n) is 21.0. The number of benzene rings is 3. The molecule has 3 aromatic carbocycles. The number of aliphatic hydroxyl groups excluding tert-OH is 1. The third-order valence-electron chi connectivity index (χ3n) is 11.6. The number of nitriles is 1. The van der Waals surface area contributed by atoms with E-state index in [0.717, 1.165) is 28.7 Å². The molecular weight excluding hydrogens is 805 g/mol. The summed E-state index contributed by atoms with van der Waals surface area (Å²) in [7, 11) is 1.46. The molecular formula is C47H50N8O8. The summed E-state index contributed by atoms with van der Waals surface area (Å²) in [5, 5.41) is 26.0. The lowest BCUT2D eigenvalue weighted by molar-refractivity contribution is -0.130. The molecule has 1 saturated heterocycles. The summed E-state index contributed by atoms with van der Waals surface area (Å²) in [6.45, 7) is 5.71. The number of amides is 4. The van der Waals surface area contributed by atoms with Crippen LogP contribution in [-0.4, -0.2) is 112 Å². The van der Waals surface area contributed by atoms with Crippen LogP contribution >= 0.6 is 0 Å². The van der Waals surface area contributed by atoms with E-state index in [1.54, 1.807) is 25.1 Å². The van der Waals surface area contributed by atoms with Crippen molar-refractivity contribution in [1.82, 2.24) is 30.4 Å². The lowest BCUT2D eigenvalue weighted by Crippen LogP contribution is -2.50. The summed E-state index contributed by atoms with van der Waals surface area (Å²) in [6.07, 6.45) is 2.04. The number of aliphatic imine (C=N–C) groups is 1. The summed E-state index contributed by atoms with van der Waals surface area (Å²) in [5.41, 5.74) is 4.11. The predicted molar refractivity (Wildman–Crippen MR) is 233 cm³/mol. The van der Waals surface area contributed by atoms with Gasteiger partial charge in [0.25, 0.3) is 5.91 Å². The molecule has 0 radical (unpaired) electrons. The van der Waals surface area contributed by atoms with Gasteiger partial charge in [0, 0.05) is 55.2 Å². The number of nitrogens with one attached hydrogen (secondary N) is 2. The van der Waals surface area contributed by atoms with Gasteiger partial charge in [0.2, 0.25) is 11.8 Å². The fraction of sp³-hybridized carbons (Fsp3) is 0.383. The molecule has 0 bridgehead atoms. The first kappa shape index (κ1) is 43.9. The van der Waals surface area contributed by atoms with Gasteiger partial charge >= 0.3 is 6.09 Å². The number of fused-ring (bicyclic) bond motifs is 4. The Morgan fingerprint density at radius 2 is 1.75 bits per heavy atom. The van der Waals surface area contributed by atoms with Crippen molar-refractivity contribution in [3.63, 3.8) is 0 Å². The molecule has 7 rings (SSSR count). The molecule has 2 atom stereocenters. The van der Waals surface area contributed by atoms with Crippen LogP contribution in [0.3, 0.4) is 0 Å². The number of carbonyl (C=O) groups is 5. The van der Waals surface area contributed by atoms with Gasteiger partial charge < -0.3 is 30.1 Å². The Labute approximate surface area is 365 Å². The zero-order valence-electron chi connectivity index (χ0n) is 35.7. The Morgan fingerprint density at radius 1 is 1.03 bits per heavy atom. The van der Waals surface area contributed by atoms with Crippen molar-refractivity contribution in [3.8, 4) is 22.9 Å². The molecule has 3 N–H and O–H groups in total. The van der Waals surface area contributed by atoms with E-state index in [-0.39, 0.29) is 67.1 Å². The molecule has 1 aromatic heterocycles. The molecule has 16 heteroatoms. The Kier molecular flexibility index (Phi) is 13.1. The van der Waals surface area contributed by atoms with Crippen molar-refractivity contribution < 1.29 is 38.6 Å². The number of likely N-dealkylation sites (N-methyl/N-ethyl adjacent to an activating group) is 1. The molecule has 63 heavy (non-hydrogen) atoms. The van der Waals surface area contributed by atoms with Crippen molar-refractivity contribution in [2.75, 3.05) is 39.8 Å². The number of hydrogen-bond donors (Lipinski definition) is 3. The topological polar surface area (TPSA) is 217 Å². The highest BCUT2D eigenvalue weighted by Gasteiger charge is 2.37. The van der Waals surface area contributed by atoms with Gasteiger partial charge in [0.1, 0.15) is 35.6 Å². The van der Waals surface area contributed by atoms with Crippen molar-refractivity contribution in [2.24, 2.45) is 10.4 Å². The summed E-state index contributed by atoms with van der Waals surface area (Å²) in [6, 6.07) is 20.8.